The lowest BCUT2D eigenvalue weighted by atomic mass is 9.98. The summed E-state index contributed by atoms with van der Waals surface area (Å²) < 4.78 is 1.88. The third kappa shape index (κ3) is 5.94. The first-order chi connectivity index (χ1) is 15.0. The van der Waals surface area contributed by atoms with Crippen LogP contribution in [-0.2, 0) is 17.9 Å². The molecule has 0 bridgehead atoms. The molecule has 4 N–H and O–H groups in total. The molecule has 3 amide bonds. The molecule has 1 aromatic heterocycles. The summed E-state index contributed by atoms with van der Waals surface area (Å²) in [5, 5.41) is 10.3. The van der Waals surface area contributed by atoms with Crippen molar-refractivity contribution in [3.63, 3.8) is 0 Å². The Labute approximate surface area is 182 Å². The number of hydrogen-bond donors (Lipinski definition) is 3. The van der Waals surface area contributed by atoms with Crippen LogP contribution in [-0.4, -0.2) is 27.8 Å². The molecular formula is C24H29N5O2. The molecule has 0 saturated carbocycles. The van der Waals surface area contributed by atoms with Crippen molar-refractivity contribution in [2.45, 2.75) is 39.4 Å². The normalized spacial score (nSPS) is 12.7. The molecule has 2 atom stereocenters. The third-order valence-electron chi connectivity index (χ3n) is 5.32. The van der Waals surface area contributed by atoms with E-state index >= 15 is 0 Å². The van der Waals surface area contributed by atoms with Crippen LogP contribution in [0.15, 0.2) is 66.9 Å². The summed E-state index contributed by atoms with van der Waals surface area (Å²) in [5.74, 6) is -0.301. The number of nitrogens with zero attached hydrogens (tertiary/aromatic N) is 2. The first-order valence-electron chi connectivity index (χ1n) is 10.5. The van der Waals surface area contributed by atoms with Crippen LogP contribution in [0.4, 0.5) is 4.79 Å². The summed E-state index contributed by atoms with van der Waals surface area (Å²) in [5.41, 5.74) is 9.10. The van der Waals surface area contributed by atoms with Crippen LogP contribution in [0.1, 0.15) is 31.4 Å². The molecule has 7 nitrogen and oxygen atoms in total. The van der Waals surface area contributed by atoms with Crippen molar-refractivity contribution in [1.29, 1.82) is 0 Å². The van der Waals surface area contributed by atoms with E-state index in [9.17, 15) is 9.59 Å². The van der Waals surface area contributed by atoms with Gasteiger partial charge in [-0.05, 0) is 11.5 Å². The number of benzene rings is 2. The van der Waals surface area contributed by atoms with E-state index in [1.807, 2.05) is 73.3 Å². The molecule has 0 aliphatic carbocycles. The zero-order valence-electron chi connectivity index (χ0n) is 17.9. The molecule has 2 aromatic carbocycles. The zero-order chi connectivity index (χ0) is 22.2. The summed E-state index contributed by atoms with van der Waals surface area (Å²) in [7, 11) is 0. The Bertz CT molecular complexity index is 1000. The van der Waals surface area contributed by atoms with Gasteiger partial charge in [0.05, 0.1) is 12.2 Å². The molecule has 0 aliphatic rings. The molecule has 3 aromatic rings. The van der Waals surface area contributed by atoms with Crippen molar-refractivity contribution in [1.82, 2.24) is 20.4 Å². The van der Waals surface area contributed by atoms with Gasteiger partial charge in [-0.1, -0.05) is 80.9 Å². The van der Waals surface area contributed by atoms with Gasteiger partial charge in [-0.25, -0.2) is 4.79 Å². The van der Waals surface area contributed by atoms with Gasteiger partial charge in [0.2, 0.25) is 5.91 Å². The largest absolute Gasteiger partial charge is 0.352 e. The minimum atomic E-state index is -0.707. The van der Waals surface area contributed by atoms with Crippen molar-refractivity contribution < 1.29 is 9.59 Å². The SMILES string of the molecule is CCC(C)C(NC(N)=O)C(=O)NCc1cn(Cc2ccccc2)nc1-c1ccccc1. The lowest BCUT2D eigenvalue weighted by Gasteiger charge is -2.22. The van der Waals surface area contributed by atoms with Crippen molar-refractivity contribution >= 4 is 11.9 Å². The predicted molar refractivity (Wildman–Crippen MR) is 121 cm³/mol. The van der Waals surface area contributed by atoms with Crippen LogP contribution in [0.25, 0.3) is 11.3 Å². The topological polar surface area (TPSA) is 102 Å². The van der Waals surface area contributed by atoms with Crippen LogP contribution in [0.2, 0.25) is 0 Å². The van der Waals surface area contributed by atoms with Gasteiger partial charge in [0.1, 0.15) is 6.04 Å². The van der Waals surface area contributed by atoms with Gasteiger partial charge < -0.3 is 16.4 Å². The van der Waals surface area contributed by atoms with Crippen LogP contribution in [0.5, 0.6) is 0 Å². The molecule has 0 aliphatic heterocycles. The predicted octanol–water partition coefficient (Wildman–Crippen LogP) is 3.30. The fourth-order valence-electron chi connectivity index (χ4n) is 3.43. The summed E-state index contributed by atoms with van der Waals surface area (Å²) in [4.78, 5) is 24.1. The standard InChI is InChI=1S/C24H29N5O2/c1-3-17(2)21(27-24(25)31)23(30)26-14-20-16-29(15-18-10-6-4-7-11-18)28-22(20)19-12-8-5-9-13-19/h4-13,16-17,21H,3,14-15H2,1-2H3,(H,26,30)(H3,25,27,31). The highest BCUT2D eigenvalue weighted by Crippen LogP contribution is 2.22. The minimum Gasteiger partial charge on any atom is -0.352 e. The Hall–Kier alpha value is -3.61. The van der Waals surface area contributed by atoms with Crippen molar-refractivity contribution in [2.75, 3.05) is 0 Å². The molecule has 0 fully saturated rings. The Morgan fingerprint density at radius 3 is 2.32 bits per heavy atom. The van der Waals surface area contributed by atoms with Gasteiger partial charge >= 0.3 is 6.03 Å². The highest BCUT2D eigenvalue weighted by Gasteiger charge is 2.25. The second-order valence-corrected chi connectivity index (χ2v) is 7.64. The number of nitrogens with two attached hydrogens (primary N) is 1. The highest BCUT2D eigenvalue weighted by atomic mass is 16.2. The van der Waals surface area contributed by atoms with E-state index in [-0.39, 0.29) is 11.8 Å². The fourth-order valence-corrected chi connectivity index (χ4v) is 3.43. The van der Waals surface area contributed by atoms with Crippen LogP contribution in [0.3, 0.4) is 0 Å². The summed E-state index contributed by atoms with van der Waals surface area (Å²) in [6, 6.07) is 18.6. The molecule has 1 heterocycles. The Balaban J connectivity index is 1.81. The van der Waals surface area contributed by atoms with Gasteiger partial charge in [-0.3, -0.25) is 9.48 Å². The molecule has 0 radical (unpaired) electrons. The van der Waals surface area contributed by atoms with Gasteiger partial charge in [-0.2, -0.15) is 5.10 Å². The van der Waals surface area contributed by atoms with Gasteiger partial charge in [-0.15, -0.1) is 0 Å². The number of hydrogen-bond acceptors (Lipinski definition) is 3. The van der Waals surface area contributed by atoms with E-state index in [0.29, 0.717) is 13.1 Å². The molecule has 0 spiro atoms. The minimum absolute atomic E-state index is 0.0399. The summed E-state index contributed by atoms with van der Waals surface area (Å²) in [6.45, 7) is 4.81. The molecule has 3 rings (SSSR count). The number of rotatable bonds is 9. The number of primary amides is 1. The molecule has 162 valence electrons. The lowest BCUT2D eigenvalue weighted by molar-refractivity contribution is -0.124. The number of aromatic nitrogens is 2. The van der Waals surface area contributed by atoms with E-state index < -0.39 is 12.1 Å². The van der Waals surface area contributed by atoms with Crippen molar-refractivity contribution in [2.24, 2.45) is 11.7 Å². The average molecular weight is 420 g/mol. The van der Waals surface area contributed by atoms with E-state index in [1.54, 1.807) is 0 Å². The number of carbonyl (C=O) groups excluding carboxylic acids is 2. The highest BCUT2D eigenvalue weighted by molar-refractivity contribution is 5.86. The van der Waals surface area contributed by atoms with Gasteiger partial charge in [0.25, 0.3) is 0 Å². The average Bonchev–Trinajstić information content (AvgIpc) is 3.19. The van der Waals surface area contributed by atoms with Crippen LogP contribution >= 0.6 is 0 Å². The van der Waals surface area contributed by atoms with E-state index in [4.69, 9.17) is 10.8 Å². The second kappa shape index (κ2) is 10.4. The van der Waals surface area contributed by atoms with Crippen molar-refractivity contribution in [3.05, 3.63) is 78.0 Å². The van der Waals surface area contributed by atoms with E-state index in [0.717, 1.165) is 28.8 Å². The van der Waals surface area contributed by atoms with Crippen LogP contribution in [0, 0.1) is 5.92 Å². The quantitative estimate of drug-likeness (QED) is 0.496. The maximum Gasteiger partial charge on any atom is 0.312 e. The molecule has 31 heavy (non-hydrogen) atoms. The molecule has 2 unspecified atom stereocenters. The summed E-state index contributed by atoms with van der Waals surface area (Å²) in [6.07, 6.45) is 2.69. The van der Waals surface area contributed by atoms with E-state index in [2.05, 4.69) is 22.8 Å². The molecule has 7 heteroatoms. The number of amides is 3. The van der Waals surface area contributed by atoms with Gasteiger partial charge in [0, 0.05) is 23.9 Å². The monoisotopic (exact) mass is 419 g/mol. The van der Waals surface area contributed by atoms with E-state index in [1.165, 1.54) is 0 Å². The maximum atomic E-state index is 12.8. The first-order valence-corrected chi connectivity index (χ1v) is 10.5. The summed E-state index contributed by atoms with van der Waals surface area (Å²) >= 11 is 0. The van der Waals surface area contributed by atoms with Crippen LogP contribution < -0.4 is 16.4 Å². The molecular weight excluding hydrogens is 390 g/mol. The zero-order valence-corrected chi connectivity index (χ0v) is 17.9. The fraction of sp³-hybridized carbons (Fsp3) is 0.292. The Kier molecular flexibility index (Phi) is 7.43. The maximum absolute atomic E-state index is 12.8. The number of carbonyl (C=O) groups is 2. The smallest absolute Gasteiger partial charge is 0.312 e. The molecule has 0 saturated heterocycles. The number of urea groups is 1. The first kappa shape index (κ1) is 22.1. The Morgan fingerprint density at radius 2 is 1.71 bits per heavy atom. The van der Waals surface area contributed by atoms with Gasteiger partial charge in [0.15, 0.2) is 0 Å². The lowest BCUT2D eigenvalue weighted by Crippen LogP contribution is -2.51. The Morgan fingerprint density at radius 1 is 1.06 bits per heavy atom. The third-order valence-corrected chi connectivity index (χ3v) is 5.32. The number of nitrogens with one attached hydrogen (secondary N) is 2. The van der Waals surface area contributed by atoms with Crippen molar-refractivity contribution in [3.8, 4) is 11.3 Å². The second-order valence-electron chi connectivity index (χ2n) is 7.64.